The number of aryl methyl sites for hydroxylation is 1. The van der Waals surface area contributed by atoms with Gasteiger partial charge in [-0.05, 0) is 48.2 Å². The number of nitrogens with one attached hydrogen (secondary N) is 2. The molecule has 0 saturated carbocycles. The van der Waals surface area contributed by atoms with Crippen LogP contribution >= 0.6 is 15.9 Å². The van der Waals surface area contributed by atoms with E-state index < -0.39 is 17.8 Å². The van der Waals surface area contributed by atoms with E-state index in [0.717, 1.165) is 20.8 Å². The van der Waals surface area contributed by atoms with Crippen LogP contribution in [0.3, 0.4) is 0 Å². The quantitative estimate of drug-likeness (QED) is 0.122. The lowest BCUT2D eigenvalue weighted by atomic mass is 10.1. The van der Waals surface area contributed by atoms with Gasteiger partial charge in [-0.3, -0.25) is 9.59 Å². The molecule has 0 bridgehead atoms. The number of fused-ring (bicyclic) bond motifs is 1. The summed E-state index contributed by atoms with van der Waals surface area (Å²) in [5, 5.41) is 8.22. The molecule has 2 N–H and O–H groups in total. The number of benzene rings is 4. The van der Waals surface area contributed by atoms with Crippen molar-refractivity contribution in [3.05, 3.63) is 106 Å². The molecule has 0 saturated heterocycles. The molecule has 0 heterocycles. The molecular formula is C27H20BrN3O4. The van der Waals surface area contributed by atoms with Gasteiger partial charge in [-0.15, -0.1) is 0 Å². The van der Waals surface area contributed by atoms with Crippen molar-refractivity contribution in [1.82, 2.24) is 5.43 Å². The lowest BCUT2D eigenvalue weighted by Gasteiger charge is -2.09. The number of rotatable bonds is 5. The van der Waals surface area contributed by atoms with Crippen molar-refractivity contribution in [3.8, 4) is 5.75 Å². The van der Waals surface area contributed by atoms with Crippen LogP contribution in [-0.2, 0) is 9.59 Å². The summed E-state index contributed by atoms with van der Waals surface area (Å²) in [5.41, 5.74) is 4.38. The van der Waals surface area contributed by atoms with E-state index in [-0.39, 0.29) is 5.75 Å². The third kappa shape index (κ3) is 5.80. The van der Waals surface area contributed by atoms with E-state index in [0.29, 0.717) is 16.8 Å². The molecule has 0 aromatic heterocycles. The number of ether oxygens (including phenoxy) is 1. The highest BCUT2D eigenvalue weighted by molar-refractivity contribution is 9.10. The minimum Gasteiger partial charge on any atom is -0.422 e. The normalized spacial score (nSPS) is 10.8. The van der Waals surface area contributed by atoms with Gasteiger partial charge >= 0.3 is 17.8 Å². The standard InChI is InChI=1S/C27H20BrN3O4/c1-17-7-2-4-10-21(17)27(34)35-24-14-13-20(28)15-19(24)16-29-31-26(33)25(32)30-23-12-6-9-18-8-3-5-11-22(18)23/h2-16H,1H3,(H,30,32)(H,31,33). The van der Waals surface area contributed by atoms with Gasteiger partial charge in [-0.1, -0.05) is 70.5 Å². The number of hydrogen-bond donors (Lipinski definition) is 2. The molecule has 0 atom stereocenters. The number of nitrogens with zero attached hydrogens (tertiary/aromatic N) is 1. The highest BCUT2D eigenvalue weighted by Crippen LogP contribution is 2.24. The summed E-state index contributed by atoms with van der Waals surface area (Å²) < 4.78 is 6.27. The first-order valence-corrected chi connectivity index (χ1v) is 11.4. The minimum absolute atomic E-state index is 0.250. The zero-order chi connectivity index (χ0) is 24.8. The van der Waals surface area contributed by atoms with Gasteiger partial charge in [-0.2, -0.15) is 5.10 Å². The van der Waals surface area contributed by atoms with E-state index in [1.54, 1.807) is 42.5 Å². The Morgan fingerprint density at radius 2 is 1.63 bits per heavy atom. The molecular weight excluding hydrogens is 510 g/mol. The topological polar surface area (TPSA) is 96.9 Å². The molecule has 174 valence electrons. The van der Waals surface area contributed by atoms with Crippen LogP contribution in [0.4, 0.5) is 5.69 Å². The van der Waals surface area contributed by atoms with Crippen molar-refractivity contribution in [3.63, 3.8) is 0 Å². The molecule has 7 nitrogen and oxygen atoms in total. The summed E-state index contributed by atoms with van der Waals surface area (Å²) in [7, 11) is 0. The van der Waals surface area contributed by atoms with E-state index in [1.807, 2.05) is 49.4 Å². The van der Waals surface area contributed by atoms with Gasteiger partial charge < -0.3 is 10.1 Å². The van der Waals surface area contributed by atoms with E-state index in [9.17, 15) is 14.4 Å². The van der Waals surface area contributed by atoms with E-state index in [2.05, 4.69) is 31.8 Å². The number of amides is 2. The van der Waals surface area contributed by atoms with Crippen molar-refractivity contribution in [2.24, 2.45) is 5.10 Å². The van der Waals surface area contributed by atoms with E-state index in [1.165, 1.54) is 6.21 Å². The van der Waals surface area contributed by atoms with Gasteiger partial charge in [0.15, 0.2) is 0 Å². The average molecular weight is 530 g/mol. The summed E-state index contributed by atoms with van der Waals surface area (Å²) >= 11 is 3.37. The second kappa shape index (κ2) is 10.8. The van der Waals surface area contributed by atoms with Crippen molar-refractivity contribution in [2.45, 2.75) is 6.92 Å². The Labute approximate surface area is 209 Å². The molecule has 0 aliphatic heterocycles. The van der Waals surface area contributed by atoms with E-state index in [4.69, 9.17) is 4.74 Å². The fraction of sp³-hybridized carbons (Fsp3) is 0.0370. The van der Waals surface area contributed by atoms with Crippen LogP contribution in [-0.4, -0.2) is 24.0 Å². The zero-order valence-corrected chi connectivity index (χ0v) is 20.2. The molecule has 4 aromatic carbocycles. The maximum absolute atomic E-state index is 12.6. The minimum atomic E-state index is -0.942. The van der Waals surface area contributed by atoms with Crippen LogP contribution in [0, 0.1) is 6.92 Å². The molecule has 0 aliphatic rings. The molecule has 0 spiro atoms. The third-order valence-corrected chi connectivity index (χ3v) is 5.65. The molecule has 2 amide bonds. The molecule has 4 rings (SSSR count). The predicted octanol–water partition coefficient (Wildman–Crippen LogP) is 5.22. The maximum atomic E-state index is 12.6. The first-order chi connectivity index (χ1) is 16.9. The van der Waals surface area contributed by atoms with Gasteiger partial charge in [0.2, 0.25) is 0 Å². The third-order valence-electron chi connectivity index (χ3n) is 5.15. The van der Waals surface area contributed by atoms with E-state index >= 15 is 0 Å². The van der Waals surface area contributed by atoms with Crippen LogP contribution in [0.25, 0.3) is 10.8 Å². The van der Waals surface area contributed by atoms with Crippen molar-refractivity contribution in [1.29, 1.82) is 0 Å². The Kier molecular flexibility index (Phi) is 7.32. The SMILES string of the molecule is Cc1ccccc1C(=O)Oc1ccc(Br)cc1C=NNC(=O)C(=O)Nc1cccc2ccccc12. The van der Waals surface area contributed by atoms with Crippen LogP contribution in [0.1, 0.15) is 21.5 Å². The van der Waals surface area contributed by atoms with Gasteiger partial charge in [0, 0.05) is 21.1 Å². The summed E-state index contributed by atoms with van der Waals surface area (Å²) in [5.74, 6) is -2.07. The molecule has 8 heteroatoms. The smallest absolute Gasteiger partial charge is 0.343 e. The van der Waals surface area contributed by atoms with Crippen LogP contribution in [0.15, 0.2) is 94.5 Å². The highest BCUT2D eigenvalue weighted by atomic mass is 79.9. The first-order valence-electron chi connectivity index (χ1n) is 10.6. The van der Waals surface area contributed by atoms with Crippen LogP contribution in [0.2, 0.25) is 0 Å². The Bertz CT molecular complexity index is 1460. The lowest BCUT2D eigenvalue weighted by Crippen LogP contribution is -2.32. The Balaban J connectivity index is 1.44. The largest absolute Gasteiger partial charge is 0.422 e. The predicted molar refractivity (Wildman–Crippen MR) is 139 cm³/mol. The summed E-state index contributed by atoms with van der Waals surface area (Å²) in [4.78, 5) is 37.3. The molecule has 0 aliphatic carbocycles. The van der Waals surface area contributed by atoms with Gasteiger partial charge in [0.1, 0.15) is 5.75 Å². The Hall–Kier alpha value is -4.30. The molecule has 0 unspecified atom stereocenters. The van der Waals surface area contributed by atoms with Crippen molar-refractivity contribution < 1.29 is 19.1 Å². The fourth-order valence-electron chi connectivity index (χ4n) is 3.39. The molecule has 0 fully saturated rings. The van der Waals surface area contributed by atoms with Gasteiger partial charge in [0.25, 0.3) is 0 Å². The number of halogens is 1. The second-order valence-corrected chi connectivity index (χ2v) is 8.48. The maximum Gasteiger partial charge on any atom is 0.343 e. The van der Waals surface area contributed by atoms with Crippen LogP contribution in [0.5, 0.6) is 5.75 Å². The number of esters is 1. The summed E-state index contributed by atoms with van der Waals surface area (Å²) in [6.45, 7) is 1.82. The van der Waals surface area contributed by atoms with Crippen LogP contribution < -0.4 is 15.5 Å². The number of hydrazone groups is 1. The second-order valence-electron chi connectivity index (χ2n) is 7.57. The zero-order valence-electron chi connectivity index (χ0n) is 18.6. The van der Waals surface area contributed by atoms with Gasteiger partial charge in [-0.25, -0.2) is 10.2 Å². The van der Waals surface area contributed by atoms with Crippen molar-refractivity contribution in [2.75, 3.05) is 5.32 Å². The van der Waals surface area contributed by atoms with Crippen molar-refractivity contribution >= 4 is 56.4 Å². The van der Waals surface area contributed by atoms with Gasteiger partial charge in [0.05, 0.1) is 11.8 Å². The molecule has 0 radical (unpaired) electrons. The summed E-state index contributed by atoms with van der Waals surface area (Å²) in [6, 6.07) is 25.0. The highest BCUT2D eigenvalue weighted by Gasteiger charge is 2.16. The number of carbonyl (C=O) groups is 3. The first kappa shape index (κ1) is 23.8. The average Bonchev–Trinajstić information content (AvgIpc) is 2.86. The number of carbonyl (C=O) groups excluding carboxylic acids is 3. The Morgan fingerprint density at radius 3 is 2.46 bits per heavy atom. The number of anilines is 1. The molecule has 35 heavy (non-hydrogen) atoms. The monoisotopic (exact) mass is 529 g/mol. The fourth-order valence-corrected chi connectivity index (χ4v) is 3.77. The molecule has 4 aromatic rings. The summed E-state index contributed by atoms with van der Waals surface area (Å²) in [6.07, 6.45) is 1.30. The number of hydrogen-bond acceptors (Lipinski definition) is 5. The lowest BCUT2D eigenvalue weighted by molar-refractivity contribution is -0.136. The Morgan fingerprint density at radius 1 is 0.886 bits per heavy atom.